The first-order valence-electron chi connectivity index (χ1n) is 5.23. The van der Waals surface area contributed by atoms with Crippen LogP contribution in [0.5, 0.6) is 0 Å². The summed E-state index contributed by atoms with van der Waals surface area (Å²) < 4.78 is 25.7. The molecule has 0 heterocycles. The Morgan fingerprint density at radius 2 is 1.17 bits per heavy atom. The Kier molecular flexibility index (Phi) is 3.43. The van der Waals surface area contributed by atoms with Crippen LogP contribution in [0.2, 0.25) is 0 Å². The predicted molar refractivity (Wildman–Crippen MR) is 65.5 cm³/mol. The van der Waals surface area contributed by atoms with Gasteiger partial charge in [0, 0.05) is 0 Å². The quantitative estimate of drug-likeness (QED) is 0.612. The Morgan fingerprint density at radius 1 is 0.833 bits per heavy atom. The number of hydrogen-bond donors (Lipinski definition) is 0. The lowest BCUT2D eigenvalue weighted by molar-refractivity contribution is -0.109. The SMILES string of the molecule is O=CC(Cl)(c1ccc(F)cc1)c1ccc(F)cc1. The van der Waals surface area contributed by atoms with Crippen molar-refractivity contribution in [2.45, 2.75) is 4.87 Å². The normalized spacial score (nSPS) is 11.3. The van der Waals surface area contributed by atoms with Crippen molar-refractivity contribution in [1.82, 2.24) is 0 Å². The number of carbonyl (C=O) groups is 1. The van der Waals surface area contributed by atoms with Gasteiger partial charge in [0.25, 0.3) is 0 Å². The van der Waals surface area contributed by atoms with E-state index >= 15 is 0 Å². The molecular formula is C14H9ClF2O. The van der Waals surface area contributed by atoms with Crippen LogP contribution in [0.15, 0.2) is 48.5 Å². The molecule has 0 spiro atoms. The molecule has 4 heteroatoms. The number of carbonyl (C=O) groups excluding carboxylic acids is 1. The lowest BCUT2D eigenvalue weighted by Crippen LogP contribution is -2.22. The number of rotatable bonds is 3. The molecule has 0 unspecified atom stereocenters. The van der Waals surface area contributed by atoms with Gasteiger partial charge in [-0.1, -0.05) is 24.3 Å². The lowest BCUT2D eigenvalue weighted by Gasteiger charge is -2.21. The van der Waals surface area contributed by atoms with Crippen molar-refractivity contribution in [3.05, 3.63) is 71.3 Å². The van der Waals surface area contributed by atoms with Gasteiger partial charge < -0.3 is 4.79 Å². The molecule has 0 aliphatic rings. The van der Waals surface area contributed by atoms with Gasteiger partial charge in [-0.25, -0.2) is 8.78 Å². The molecule has 0 amide bonds. The average Bonchev–Trinajstić information content (AvgIpc) is 2.39. The third-order valence-corrected chi connectivity index (χ3v) is 3.22. The highest BCUT2D eigenvalue weighted by Crippen LogP contribution is 2.34. The van der Waals surface area contributed by atoms with Gasteiger partial charge in [0.1, 0.15) is 22.8 Å². The van der Waals surface area contributed by atoms with E-state index in [0.717, 1.165) is 0 Å². The molecule has 0 N–H and O–H groups in total. The van der Waals surface area contributed by atoms with Crippen molar-refractivity contribution < 1.29 is 13.6 Å². The van der Waals surface area contributed by atoms with Crippen molar-refractivity contribution >= 4 is 17.9 Å². The van der Waals surface area contributed by atoms with Crippen LogP contribution in [0.3, 0.4) is 0 Å². The van der Waals surface area contributed by atoms with Crippen LogP contribution in [0.1, 0.15) is 11.1 Å². The molecule has 0 aliphatic carbocycles. The third kappa shape index (κ3) is 2.27. The van der Waals surface area contributed by atoms with E-state index in [2.05, 4.69) is 0 Å². The second-order valence-corrected chi connectivity index (χ2v) is 4.44. The molecule has 92 valence electrons. The molecule has 2 rings (SSSR count). The summed E-state index contributed by atoms with van der Waals surface area (Å²) in [7, 11) is 0. The van der Waals surface area contributed by atoms with E-state index in [9.17, 15) is 13.6 Å². The van der Waals surface area contributed by atoms with E-state index < -0.39 is 16.5 Å². The van der Waals surface area contributed by atoms with Crippen LogP contribution >= 0.6 is 11.6 Å². The van der Waals surface area contributed by atoms with E-state index in [1.807, 2.05) is 0 Å². The van der Waals surface area contributed by atoms with Gasteiger partial charge >= 0.3 is 0 Å². The Balaban J connectivity index is 2.50. The fourth-order valence-corrected chi connectivity index (χ4v) is 1.94. The summed E-state index contributed by atoms with van der Waals surface area (Å²) >= 11 is 6.27. The summed E-state index contributed by atoms with van der Waals surface area (Å²) in [5.41, 5.74) is 0.874. The second kappa shape index (κ2) is 4.86. The molecular weight excluding hydrogens is 258 g/mol. The largest absolute Gasteiger partial charge is 0.301 e. The minimum absolute atomic E-state index is 0.414. The first kappa shape index (κ1) is 12.7. The first-order chi connectivity index (χ1) is 8.56. The average molecular weight is 267 g/mol. The molecule has 1 nitrogen and oxygen atoms in total. The smallest absolute Gasteiger partial charge is 0.149 e. The standard InChI is InChI=1S/C14H9ClF2O/c15-14(9-18,10-1-5-12(16)6-2-10)11-3-7-13(17)8-4-11/h1-9H. The first-order valence-corrected chi connectivity index (χ1v) is 5.61. The van der Waals surface area contributed by atoms with Crippen molar-refractivity contribution in [1.29, 1.82) is 0 Å². The Morgan fingerprint density at radius 3 is 1.44 bits per heavy atom. The highest BCUT2D eigenvalue weighted by Gasteiger charge is 2.31. The zero-order valence-electron chi connectivity index (χ0n) is 9.24. The fraction of sp³-hybridized carbons (Fsp3) is 0.0714. The zero-order chi connectivity index (χ0) is 13.2. The van der Waals surface area contributed by atoms with Crippen molar-refractivity contribution in [3.63, 3.8) is 0 Å². The Hall–Kier alpha value is -1.74. The maximum atomic E-state index is 12.9. The van der Waals surface area contributed by atoms with E-state index in [4.69, 9.17) is 11.6 Å². The van der Waals surface area contributed by atoms with E-state index in [1.54, 1.807) is 0 Å². The van der Waals surface area contributed by atoms with Gasteiger partial charge in [-0.3, -0.25) is 0 Å². The van der Waals surface area contributed by atoms with E-state index in [0.29, 0.717) is 17.4 Å². The van der Waals surface area contributed by atoms with E-state index in [-0.39, 0.29) is 0 Å². The topological polar surface area (TPSA) is 17.1 Å². The number of alkyl halides is 1. The van der Waals surface area contributed by atoms with Gasteiger partial charge in [-0.05, 0) is 35.4 Å². The van der Waals surface area contributed by atoms with Gasteiger partial charge in [0.05, 0.1) is 0 Å². The summed E-state index contributed by atoms with van der Waals surface area (Å²) in [5, 5.41) is 0. The van der Waals surface area contributed by atoms with Crippen LogP contribution in [-0.4, -0.2) is 6.29 Å². The molecule has 0 saturated heterocycles. The molecule has 0 aromatic heterocycles. The summed E-state index contributed by atoms with van der Waals surface area (Å²) in [6, 6.07) is 10.6. The van der Waals surface area contributed by atoms with Crippen molar-refractivity contribution in [3.8, 4) is 0 Å². The Bertz CT molecular complexity index is 504. The maximum absolute atomic E-state index is 12.9. The van der Waals surface area contributed by atoms with Crippen LogP contribution in [0.25, 0.3) is 0 Å². The number of hydrogen-bond acceptors (Lipinski definition) is 1. The zero-order valence-corrected chi connectivity index (χ0v) is 9.99. The van der Waals surface area contributed by atoms with Crippen LogP contribution in [0, 0.1) is 11.6 Å². The molecule has 2 aromatic carbocycles. The molecule has 0 saturated carbocycles. The van der Waals surface area contributed by atoms with Crippen molar-refractivity contribution in [2.24, 2.45) is 0 Å². The summed E-state index contributed by atoms with van der Waals surface area (Å²) in [4.78, 5) is 9.85. The van der Waals surface area contributed by atoms with Crippen LogP contribution in [0.4, 0.5) is 8.78 Å². The molecule has 0 fully saturated rings. The molecule has 2 aromatic rings. The minimum atomic E-state index is -1.43. The summed E-state index contributed by atoms with van der Waals surface area (Å²) in [6.45, 7) is 0. The van der Waals surface area contributed by atoms with E-state index in [1.165, 1.54) is 48.5 Å². The predicted octanol–water partition coefficient (Wildman–Crippen LogP) is 3.65. The third-order valence-electron chi connectivity index (χ3n) is 2.69. The van der Waals surface area contributed by atoms with Crippen LogP contribution < -0.4 is 0 Å². The Labute approximate surface area is 108 Å². The number of aldehydes is 1. The van der Waals surface area contributed by atoms with Gasteiger partial charge in [-0.2, -0.15) is 0 Å². The van der Waals surface area contributed by atoms with Gasteiger partial charge in [0.2, 0.25) is 0 Å². The maximum Gasteiger partial charge on any atom is 0.149 e. The monoisotopic (exact) mass is 266 g/mol. The van der Waals surface area contributed by atoms with Crippen molar-refractivity contribution in [2.75, 3.05) is 0 Å². The van der Waals surface area contributed by atoms with Crippen LogP contribution in [-0.2, 0) is 9.67 Å². The lowest BCUT2D eigenvalue weighted by atomic mass is 9.91. The fourth-order valence-electron chi connectivity index (χ4n) is 1.69. The molecule has 0 radical (unpaired) electrons. The second-order valence-electron chi connectivity index (χ2n) is 3.84. The highest BCUT2D eigenvalue weighted by molar-refractivity contribution is 6.33. The summed E-state index contributed by atoms with van der Waals surface area (Å²) in [5.74, 6) is -0.828. The molecule has 18 heavy (non-hydrogen) atoms. The van der Waals surface area contributed by atoms with Gasteiger partial charge in [0.15, 0.2) is 0 Å². The van der Waals surface area contributed by atoms with Gasteiger partial charge in [-0.15, -0.1) is 11.6 Å². The summed E-state index contributed by atoms with van der Waals surface area (Å²) in [6.07, 6.45) is 0.551. The number of halogens is 3. The molecule has 0 bridgehead atoms. The highest BCUT2D eigenvalue weighted by atomic mass is 35.5. The molecule has 0 aliphatic heterocycles. The number of benzene rings is 2. The molecule has 0 atom stereocenters. The minimum Gasteiger partial charge on any atom is -0.301 e.